The molecule has 0 aromatic rings. The molecule has 1 saturated carbocycles. The fourth-order valence-corrected chi connectivity index (χ4v) is 2.89. The smallest absolute Gasteiger partial charge is 0.233 e. The van der Waals surface area contributed by atoms with Gasteiger partial charge in [0.15, 0.2) is 5.84 Å². The first kappa shape index (κ1) is 16.7. The van der Waals surface area contributed by atoms with Crippen LogP contribution < -0.4 is 16.2 Å². The van der Waals surface area contributed by atoms with Gasteiger partial charge in [0, 0.05) is 6.54 Å². The highest BCUT2D eigenvalue weighted by Crippen LogP contribution is 2.35. The van der Waals surface area contributed by atoms with Crippen LogP contribution in [0.2, 0.25) is 0 Å². The van der Waals surface area contributed by atoms with Crippen LogP contribution in [0, 0.1) is 5.41 Å². The first-order valence-electron chi connectivity index (χ1n) is 6.58. The summed E-state index contributed by atoms with van der Waals surface area (Å²) in [5.41, 5.74) is 4.65. The zero-order valence-electron chi connectivity index (χ0n) is 11.3. The maximum Gasteiger partial charge on any atom is 0.233 e. The Balaban J connectivity index is 2.80. The number of sulfonamides is 1. The van der Waals surface area contributed by atoms with Gasteiger partial charge in [-0.2, -0.15) is 0 Å². The summed E-state index contributed by atoms with van der Waals surface area (Å²) in [7, 11) is -3.63. The highest BCUT2D eigenvalue weighted by molar-refractivity contribution is 7.89. The van der Waals surface area contributed by atoms with Crippen LogP contribution >= 0.6 is 0 Å². The molecule has 0 aromatic heterocycles. The predicted octanol–water partition coefficient (Wildman–Crippen LogP) is -0.522. The van der Waals surface area contributed by atoms with Gasteiger partial charge >= 0.3 is 0 Å². The second kappa shape index (κ2) is 6.89. The highest BCUT2D eigenvalue weighted by Gasteiger charge is 2.42. The van der Waals surface area contributed by atoms with E-state index in [-0.39, 0.29) is 18.1 Å². The molecule has 9 heteroatoms. The molecule has 0 spiro atoms. The summed E-state index contributed by atoms with van der Waals surface area (Å²) in [4.78, 5) is 12.3. The third-order valence-electron chi connectivity index (χ3n) is 3.66. The fraction of sp³-hybridized carbons (Fsp3) is 0.818. The van der Waals surface area contributed by atoms with Gasteiger partial charge < -0.3 is 16.3 Å². The number of primary sulfonamides is 1. The monoisotopic (exact) mass is 306 g/mol. The van der Waals surface area contributed by atoms with E-state index in [1.807, 2.05) is 0 Å². The molecule has 1 fully saturated rings. The van der Waals surface area contributed by atoms with Crippen LogP contribution in [0.5, 0.6) is 0 Å². The summed E-state index contributed by atoms with van der Waals surface area (Å²) in [5.74, 6) is -0.865. The molecule has 1 aliphatic rings. The average molecular weight is 306 g/mol. The van der Waals surface area contributed by atoms with E-state index in [2.05, 4.69) is 10.5 Å². The van der Waals surface area contributed by atoms with E-state index in [1.165, 1.54) is 0 Å². The minimum atomic E-state index is -3.63. The summed E-state index contributed by atoms with van der Waals surface area (Å²) < 4.78 is 21.7. The van der Waals surface area contributed by atoms with Crippen molar-refractivity contribution in [3.63, 3.8) is 0 Å². The van der Waals surface area contributed by atoms with E-state index >= 15 is 0 Å². The van der Waals surface area contributed by atoms with E-state index in [1.54, 1.807) is 0 Å². The molecule has 8 nitrogen and oxygen atoms in total. The Bertz CT molecular complexity index is 467. The number of nitrogens with one attached hydrogen (secondary N) is 1. The molecule has 0 radical (unpaired) electrons. The van der Waals surface area contributed by atoms with Crippen molar-refractivity contribution in [1.82, 2.24) is 5.32 Å². The number of rotatable bonds is 5. The van der Waals surface area contributed by atoms with Crippen LogP contribution in [0.15, 0.2) is 5.16 Å². The van der Waals surface area contributed by atoms with Crippen molar-refractivity contribution >= 4 is 21.8 Å². The largest absolute Gasteiger partial charge is 0.409 e. The summed E-state index contributed by atoms with van der Waals surface area (Å²) in [5, 5.41) is 19.3. The molecule has 1 amide bonds. The van der Waals surface area contributed by atoms with Crippen molar-refractivity contribution in [3.8, 4) is 0 Å². The first-order valence-corrected chi connectivity index (χ1v) is 8.30. The fourth-order valence-electron chi connectivity index (χ4n) is 2.50. The van der Waals surface area contributed by atoms with E-state index in [4.69, 9.17) is 16.1 Å². The molecule has 6 N–H and O–H groups in total. The zero-order valence-corrected chi connectivity index (χ0v) is 12.2. The second-order valence-corrected chi connectivity index (χ2v) is 6.84. The van der Waals surface area contributed by atoms with Gasteiger partial charge in [-0.1, -0.05) is 30.8 Å². The Morgan fingerprint density at radius 1 is 1.25 bits per heavy atom. The third-order valence-corrected chi connectivity index (χ3v) is 4.44. The number of oxime groups is 1. The molecule has 0 unspecified atom stereocenters. The molecule has 20 heavy (non-hydrogen) atoms. The maximum absolute atomic E-state index is 12.3. The van der Waals surface area contributed by atoms with Gasteiger partial charge in [0.2, 0.25) is 15.9 Å². The molecule has 1 rings (SSSR count). The number of nitrogens with two attached hydrogens (primary N) is 2. The average Bonchev–Trinajstić information content (AvgIpc) is 2.62. The standard InChI is InChI=1S/C11H22N4O4S/c12-9(15-17)11(5-3-1-2-4-6-11)10(16)14-7-8-20(13,18)19/h17H,1-8H2,(H2,12,15)(H,14,16)(H2,13,18,19). The lowest BCUT2D eigenvalue weighted by molar-refractivity contribution is -0.128. The van der Waals surface area contributed by atoms with Crippen molar-refractivity contribution in [2.24, 2.45) is 21.4 Å². The molecule has 116 valence electrons. The number of nitrogens with zero attached hydrogens (tertiary/aromatic N) is 1. The quantitative estimate of drug-likeness (QED) is 0.177. The SMILES string of the molecule is NC(=NO)C1(C(=O)NCCS(N)(=O)=O)CCCCCC1. The molecule has 0 aromatic carbocycles. The van der Waals surface area contributed by atoms with Crippen LogP contribution in [-0.2, 0) is 14.8 Å². The molecule has 0 saturated heterocycles. The minimum absolute atomic E-state index is 0.0852. The molecule has 0 aliphatic heterocycles. The van der Waals surface area contributed by atoms with Gasteiger partial charge in [-0.3, -0.25) is 4.79 Å². The van der Waals surface area contributed by atoms with E-state index in [0.717, 1.165) is 25.7 Å². The summed E-state index contributed by atoms with van der Waals surface area (Å²) in [6.07, 6.45) is 4.57. The van der Waals surface area contributed by atoms with E-state index in [9.17, 15) is 13.2 Å². The van der Waals surface area contributed by atoms with Gasteiger partial charge in [-0.15, -0.1) is 0 Å². The minimum Gasteiger partial charge on any atom is -0.409 e. The molecule has 0 heterocycles. The first-order chi connectivity index (χ1) is 9.32. The number of carbonyl (C=O) groups is 1. The molecule has 1 aliphatic carbocycles. The lowest BCUT2D eigenvalue weighted by Crippen LogP contribution is -2.50. The lowest BCUT2D eigenvalue weighted by atomic mass is 9.78. The van der Waals surface area contributed by atoms with Gasteiger partial charge in [-0.05, 0) is 12.8 Å². The Morgan fingerprint density at radius 3 is 2.25 bits per heavy atom. The number of amidine groups is 1. The highest BCUT2D eigenvalue weighted by atomic mass is 32.2. The number of amides is 1. The predicted molar refractivity (Wildman–Crippen MR) is 74.5 cm³/mol. The number of hydrogen-bond donors (Lipinski definition) is 4. The van der Waals surface area contributed by atoms with Crippen molar-refractivity contribution in [3.05, 3.63) is 0 Å². The van der Waals surface area contributed by atoms with Gasteiger partial charge in [-0.25, -0.2) is 13.6 Å². The molecule has 0 bridgehead atoms. The Labute approximate surface area is 118 Å². The van der Waals surface area contributed by atoms with Crippen LogP contribution in [0.3, 0.4) is 0 Å². The molecular weight excluding hydrogens is 284 g/mol. The van der Waals surface area contributed by atoms with Crippen LogP contribution in [0.1, 0.15) is 38.5 Å². The van der Waals surface area contributed by atoms with E-state index in [0.29, 0.717) is 12.8 Å². The Hall–Kier alpha value is -1.35. The van der Waals surface area contributed by atoms with Crippen molar-refractivity contribution in [2.75, 3.05) is 12.3 Å². The normalized spacial score (nSPS) is 20.1. The third kappa shape index (κ3) is 4.34. The van der Waals surface area contributed by atoms with Crippen LogP contribution in [-0.4, -0.2) is 37.7 Å². The van der Waals surface area contributed by atoms with Crippen molar-refractivity contribution in [1.29, 1.82) is 0 Å². The zero-order chi connectivity index (χ0) is 15.2. The van der Waals surface area contributed by atoms with Crippen LogP contribution in [0.25, 0.3) is 0 Å². The number of hydrogen-bond acceptors (Lipinski definition) is 5. The number of carbonyl (C=O) groups excluding carboxylic acids is 1. The Kier molecular flexibility index (Phi) is 5.75. The lowest BCUT2D eigenvalue weighted by Gasteiger charge is -2.29. The summed E-state index contributed by atoms with van der Waals surface area (Å²) in [6, 6.07) is 0. The second-order valence-electron chi connectivity index (χ2n) is 5.10. The molecule has 0 atom stereocenters. The van der Waals surface area contributed by atoms with Gasteiger partial charge in [0.25, 0.3) is 0 Å². The van der Waals surface area contributed by atoms with Crippen LogP contribution in [0.4, 0.5) is 0 Å². The summed E-state index contributed by atoms with van der Waals surface area (Å²) in [6.45, 7) is -0.0852. The van der Waals surface area contributed by atoms with Crippen molar-refractivity contribution < 1.29 is 18.4 Å². The maximum atomic E-state index is 12.3. The van der Waals surface area contributed by atoms with Crippen molar-refractivity contribution in [2.45, 2.75) is 38.5 Å². The topological polar surface area (TPSA) is 148 Å². The van der Waals surface area contributed by atoms with E-state index < -0.39 is 21.3 Å². The summed E-state index contributed by atoms with van der Waals surface area (Å²) >= 11 is 0. The van der Waals surface area contributed by atoms with Gasteiger partial charge in [0.1, 0.15) is 5.41 Å². The Morgan fingerprint density at radius 2 is 1.80 bits per heavy atom. The molecular formula is C11H22N4O4S. The van der Waals surface area contributed by atoms with Gasteiger partial charge in [0.05, 0.1) is 5.75 Å².